The molecule has 0 N–H and O–H groups in total. The van der Waals surface area contributed by atoms with Gasteiger partial charge in [-0.3, -0.25) is 0 Å². The van der Waals surface area contributed by atoms with Gasteiger partial charge in [0.25, 0.3) is 0 Å². The molecule has 0 aromatic heterocycles. The van der Waals surface area contributed by atoms with Gasteiger partial charge in [-0.05, 0) is 51.4 Å². The van der Waals surface area contributed by atoms with Crippen LogP contribution in [0.25, 0.3) is 0 Å². The zero-order chi connectivity index (χ0) is 14.2. The van der Waals surface area contributed by atoms with Crippen LogP contribution in [0.3, 0.4) is 0 Å². The van der Waals surface area contributed by atoms with Gasteiger partial charge >= 0.3 is 41.5 Å². The first kappa shape index (κ1) is 18.7. The fourth-order valence-corrected chi connectivity index (χ4v) is 2.91. The Morgan fingerprint density at radius 3 is 1.33 bits per heavy atom. The van der Waals surface area contributed by atoms with Crippen LogP contribution in [-0.4, -0.2) is 53.7 Å². The summed E-state index contributed by atoms with van der Waals surface area (Å²) in [6, 6.07) is 0. The SMILES string of the molecule is O=C(/C=C\C(=O)OC1CCCCC1)OC1CCCCC1.[NaH]. The Bertz CT molecular complexity index is 321. The standard InChI is InChI=1S/C16H24O4.Na.H/c17-15(19-13-7-3-1-4-8-13)11-12-16(18)20-14-9-5-2-6-10-14;;/h11-14H,1-10H2;;/b12-11-;;. The monoisotopic (exact) mass is 304 g/mol. The molecule has 0 radical (unpaired) electrons. The molecule has 2 saturated carbocycles. The van der Waals surface area contributed by atoms with Gasteiger partial charge in [0, 0.05) is 12.2 Å². The van der Waals surface area contributed by atoms with Crippen molar-refractivity contribution in [3.05, 3.63) is 12.2 Å². The molecule has 2 fully saturated rings. The number of hydrogen-bond donors (Lipinski definition) is 0. The summed E-state index contributed by atoms with van der Waals surface area (Å²) in [6.07, 6.45) is 13.1. The van der Waals surface area contributed by atoms with Crippen LogP contribution < -0.4 is 0 Å². The first-order chi connectivity index (χ1) is 9.74. The van der Waals surface area contributed by atoms with Gasteiger partial charge in [0.2, 0.25) is 0 Å². The molecular formula is C16H25NaO4. The van der Waals surface area contributed by atoms with E-state index in [4.69, 9.17) is 9.47 Å². The summed E-state index contributed by atoms with van der Waals surface area (Å²) in [4.78, 5) is 23.2. The van der Waals surface area contributed by atoms with Crippen molar-refractivity contribution in [2.24, 2.45) is 0 Å². The van der Waals surface area contributed by atoms with E-state index in [1.165, 1.54) is 25.0 Å². The van der Waals surface area contributed by atoms with Crippen molar-refractivity contribution in [1.82, 2.24) is 0 Å². The minimum atomic E-state index is -0.433. The number of esters is 2. The number of carbonyl (C=O) groups is 2. The van der Waals surface area contributed by atoms with Crippen molar-refractivity contribution in [2.45, 2.75) is 76.4 Å². The first-order valence-corrected chi connectivity index (χ1v) is 7.83. The number of rotatable bonds is 4. The molecule has 2 aliphatic rings. The van der Waals surface area contributed by atoms with Crippen LogP contribution >= 0.6 is 0 Å². The Morgan fingerprint density at radius 2 is 1.00 bits per heavy atom. The van der Waals surface area contributed by atoms with Gasteiger partial charge < -0.3 is 9.47 Å². The summed E-state index contributed by atoms with van der Waals surface area (Å²) >= 11 is 0. The molecule has 4 nitrogen and oxygen atoms in total. The van der Waals surface area contributed by atoms with Gasteiger partial charge in [-0.25, -0.2) is 9.59 Å². The molecule has 0 heterocycles. The van der Waals surface area contributed by atoms with Crippen LogP contribution in [0.1, 0.15) is 64.2 Å². The van der Waals surface area contributed by atoms with Crippen LogP contribution in [0.15, 0.2) is 12.2 Å². The van der Waals surface area contributed by atoms with Crippen LogP contribution in [0, 0.1) is 0 Å². The van der Waals surface area contributed by atoms with E-state index in [2.05, 4.69) is 0 Å². The Hall–Kier alpha value is -0.320. The maximum atomic E-state index is 11.6. The number of carbonyl (C=O) groups excluding carboxylic acids is 2. The number of hydrogen-bond acceptors (Lipinski definition) is 4. The molecule has 5 heteroatoms. The molecule has 2 aliphatic carbocycles. The van der Waals surface area contributed by atoms with Gasteiger partial charge in [-0.2, -0.15) is 0 Å². The Balaban J connectivity index is 0.00000220. The molecule has 21 heavy (non-hydrogen) atoms. The van der Waals surface area contributed by atoms with Crippen molar-refractivity contribution >= 4 is 41.5 Å². The normalized spacial score (nSPS) is 20.8. The van der Waals surface area contributed by atoms with Crippen LogP contribution in [0.5, 0.6) is 0 Å². The molecule has 0 saturated heterocycles. The second kappa shape index (κ2) is 10.4. The number of ether oxygens (including phenoxy) is 2. The predicted octanol–water partition coefficient (Wildman–Crippen LogP) is 2.65. The Kier molecular flexibility index (Phi) is 9.29. The van der Waals surface area contributed by atoms with Gasteiger partial charge in [-0.15, -0.1) is 0 Å². The molecule has 0 amide bonds. The fourth-order valence-electron chi connectivity index (χ4n) is 2.91. The molecule has 0 unspecified atom stereocenters. The van der Waals surface area contributed by atoms with Crippen molar-refractivity contribution < 1.29 is 19.1 Å². The second-order valence-electron chi connectivity index (χ2n) is 5.73. The molecule has 114 valence electrons. The zero-order valence-electron chi connectivity index (χ0n) is 12.0. The van der Waals surface area contributed by atoms with Gasteiger partial charge in [-0.1, -0.05) is 12.8 Å². The first-order valence-electron chi connectivity index (χ1n) is 7.83. The summed E-state index contributed by atoms with van der Waals surface area (Å²) in [5.74, 6) is -0.866. The van der Waals surface area contributed by atoms with E-state index in [0.29, 0.717) is 0 Å². The molecule has 0 bridgehead atoms. The Morgan fingerprint density at radius 1 is 0.667 bits per heavy atom. The van der Waals surface area contributed by atoms with E-state index in [1.807, 2.05) is 0 Å². The second-order valence-corrected chi connectivity index (χ2v) is 5.73. The van der Waals surface area contributed by atoms with Crippen molar-refractivity contribution in [3.63, 3.8) is 0 Å². The van der Waals surface area contributed by atoms with Crippen LogP contribution in [0.2, 0.25) is 0 Å². The molecule has 0 aromatic carbocycles. The molecule has 0 aromatic rings. The van der Waals surface area contributed by atoms with Gasteiger partial charge in [0.05, 0.1) is 0 Å². The minimum absolute atomic E-state index is 0. The average molecular weight is 304 g/mol. The Labute approximate surface area is 148 Å². The van der Waals surface area contributed by atoms with Crippen molar-refractivity contribution in [3.8, 4) is 0 Å². The average Bonchev–Trinajstić information content (AvgIpc) is 2.47. The summed E-state index contributed by atoms with van der Waals surface area (Å²) in [5.41, 5.74) is 0. The van der Waals surface area contributed by atoms with Crippen molar-refractivity contribution in [2.75, 3.05) is 0 Å². The molecule has 0 atom stereocenters. The van der Waals surface area contributed by atoms with E-state index < -0.39 is 11.9 Å². The van der Waals surface area contributed by atoms with E-state index in [-0.39, 0.29) is 41.8 Å². The molecule has 0 aliphatic heterocycles. The van der Waals surface area contributed by atoms with Gasteiger partial charge in [0.15, 0.2) is 0 Å². The van der Waals surface area contributed by atoms with E-state index in [9.17, 15) is 9.59 Å². The van der Waals surface area contributed by atoms with E-state index in [1.54, 1.807) is 0 Å². The predicted molar refractivity (Wildman–Crippen MR) is 82.2 cm³/mol. The van der Waals surface area contributed by atoms with Crippen LogP contribution in [-0.2, 0) is 19.1 Å². The summed E-state index contributed by atoms with van der Waals surface area (Å²) in [7, 11) is 0. The fraction of sp³-hybridized carbons (Fsp3) is 0.750. The zero-order valence-corrected chi connectivity index (χ0v) is 12.0. The van der Waals surface area contributed by atoms with Crippen molar-refractivity contribution in [1.29, 1.82) is 0 Å². The van der Waals surface area contributed by atoms with Gasteiger partial charge in [0.1, 0.15) is 12.2 Å². The molecule has 0 spiro atoms. The third-order valence-electron chi connectivity index (χ3n) is 4.03. The quantitative estimate of drug-likeness (QED) is 0.455. The summed E-state index contributed by atoms with van der Waals surface area (Å²) in [6.45, 7) is 0. The van der Waals surface area contributed by atoms with Crippen LogP contribution in [0.4, 0.5) is 0 Å². The van der Waals surface area contributed by atoms with E-state index >= 15 is 0 Å². The molecular weight excluding hydrogens is 279 g/mol. The maximum absolute atomic E-state index is 11.6. The summed E-state index contributed by atoms with van der Waals surface area (Å²) in [5, 5.41) is 0. The summed E-state index contributed by atoms with van der Waals surface area (Å²) < 4.78 is 10.6. The molecule has 2 rings (SSSR count). The van der Waals surface area contributed by atoms with E-state index in [0.717, 1.165) is 51.4 Å². The topological polar surface area (TPSA) is 52.6 Å². The third-order valence-corrected chi connectivity index (χ3v) is 4.03. The third kappa shape index (κ3) is 7.48.